The molecule has 5 heteroatoms. The maximum Gasteiger partial charge on any atom is 0.228 e. The van der Waals surface area contributed by atoms with Crippen LogP contribution in [0.15, 0.2) is 0 Å². The first kappa shape index (κ1) is 12.3. The molecule has 0 bridgehead atoms. The van der Waals surface area contributed by atoms with Gasteiger partial charge in [-0.05, 0) is 18.3 Å². The molecule has 0 aliphatic carbocycles. The Kier molecular flexibility index (Phi) is 3.49. The van der Waals surface area contributed by atoms with Gasteiger partial charge in [0.2, 0.25) is 10.0 Å². The maximum atomic E-state index is 11.7. The molecule has 0 saturated carbocycles. The van der Waals surface area contributed by atoms with Gasteiger partial charge in [-0.3, -0.25) is 0 Å². The van der Waals surface area contributed by atoms with Crippen molar-refractivity contribution in [2.24, 2.45) is 5.41 Å². The summed E-state index contributed by atoms with van der Waals surface area (Å²) in [5.74, 6) is 0. The van der Waals surface area contributed by atoms with Gasteiger partial charge in [-0.1, -0.05) is 20.8 Å². The fourth-order valence-electron chi connectivity index (χ4n) is 2.00. The molecular formula is C9H18ClNO2S. The second-order valence-electron chi connectivity index (χ2n) is 4.86. The van der Waals surface area contributed by atoms with Crippen molar-refractivity contribution >= 4 is 21.6 Å². The van der Waals surface area contributed by atoms with E-state index < -0.39 is 10.0 Å². The van der Waals surface area contributed by atoms with Crippen LogP contribution in [0.4, 0.5) is 0 Å². The molecule has 1 aliphatic heterocycles. The lowest BCUT2D eigenvalue weighted by molar-refractivity contribution is 0.216. The van der Waals surface area contributed by atoms with Crippen LogP contribution in [0.5, 0.6) is 0 Å². The third kappa shape index (κ3) is 2.41. The fraction of sp³-hybridized carbons (Fsp3) is 1.00. The molecular weight excluding hydrogens is 222 g/mol. The van der Waals surface area contributed by atoms with Crippen LogP contribution in [0.25, 0.3) is 0 Å². The summed E-state index contributed by atoms with van der Waals surface area (Å²) in [6.07, 6.45) is 1.89. The summed E-state index contributed by atoms with van der Waals surface area (Å²) >= 11 is 5.46. The van der Waals surface area contributed by atoms with Gasteiger partial charge in [0, 0.05) is 12.6 Å². The van der Waals surface area contributed by atoms with Crippen LogP contribution in [0, 0.1) is 5.41 Å². The van der Waals surface area contributed by atoms with Crippen molar-refractivity contribution in [2.75, 3.05) is 11.8 Å². The summed E-state index contributed by atoms with van der Waals surface area (Å²) < 4.78 is 24.9. The molecule has 1 heterocycles. The molecule has 3 nitrogen and oxygen atoms in total. The average Bonchev–Trinajstić information content (AvgIpc) is 2.51. The van der Waals surface area contributed by atoms with Gasteiger partial charge in [0.15, 0.2) is 0 Å². The first-order valence-corrected chi connectivity index (χ1v) is 6.99. The highest BCUT2D eigenvalue weighted by Gasteiger charge is 2.39. The van der Waals surface area contributed by atoms with E-state index in [-0.39, 0.29) is 16.7 Å². The monoisotopic (exact) mass is 239 g/mol. The van der Waals surface area contributed by atoms with Gasteiger partial charge in [-0.25, -0.2) is 8.42 Å². The molecule has 0 radical (unpaired) electrons. The van der Waals surface area contributed by atoms with Gasteiger partial charge < -0.3 is 0 Å². The quantitative estimate of drug-likeness (QED) is 0.692. The summed E-state index contributed by atoms with van der Waals surface area (Å²) in [6, 6.07) is 0.103. The van der Waals surface area contributed by atoms with Gasteiger partial charge >= 0.3 is 0 Å². The molecule has 0 aromatic carbocycles. The van der Waals surface area contributed by atoms with Gasteiger partial charge in [0.1, 0.15) is 5.21 Å². The molecule has 0 aromatic heterocycles. The number of hydrogen-bond donors (Lipinski definition) is 0. The minimum atomic E-state index is -3.23. The van der Waals surface area contributed by atoms with E-state index in [0.717, 1.165) is 12.8 Å². The molecule has 1 fully saturated rings. The van der Waals surface area contributed by atoms with E-state index in [0.29, 0.717) is 6.54 Å². The number of rotatable bonds is 2. The van der Waals surface area contributed by atoms with Crippen molar-refractivity contribution in [3.63, 3.8) is 0 Å². The highest BCUT2D eigenvalue weighted by Crippen LogP contribution is 2.34. The van der Waals surface area contributed by atoms with Crippen LogP contribution in [0.1, 0.15) is 33.6 Å². The molecule has 1 rings (SSSR count). The lowest BCUT2D eigenvalue weighted by Gasteiger charge is -2.33. The van der Waals surface area contributed by atoms with Crippen molar-refractivity contribution in [3.05, 3.63) is 0 Å². The predicted molar refractivity (Wildman–Crippen MR) is 58.8 cm³/mol. The van der Waals surface area contributed by atoms with E-state index in [9.17, 15) is 8.42 Å². The van der Waals surface area contributed by atoms with E-state index in [1.54, 1.807) is 4.31 Å². The van der Waals surface area contributed by atoms with Crippen molar-refractivity contribution in [1.82, 2.24) is 4.31 Å². The lowest BCUT2D eigenvalue weighted by atomic mass is 9.86. The molecule has 14 heavy (non-hydrogen) atoms. The number of halogens is 1. The molecule has 0 N–H and O–H groups in total. The van der Waals surface area contributed by atoms with Crippen molar-refractivity contribution in [3.8, 4) is 0 Å². The van der Waals surface area contributed by atoms with E-state index in [1.165, 1.54) is 0 Å². The lowest BCUT2D eigenvalue weighted by Crippen LogP contribution is -2.43. The Hall–Kier alpha value is 0.200. The van der Waals surface area contributed by atoms with Crippen LogP contribution >= 0.6 is 11.6 Å². The first-order chi connectivity index (χ1) is 6.29. The third-order valence-corrected chi connectivity index (χ3v) is 4.95. The van der Waals surface area contributed by atoms with Crippen LogP contribution in [0.3, 0.4) is 0 Å². The van der Waals surface area contributed by atoms with Crippen LogP contribution in [-0.4, -0.2) is 30.5 Å². The second kappa shape index (κ2) is 3.99. The smallest absolute Gasteiger partial charge is 0.211 e. The zero-order valence-electron chi connectivity index (χ0n) is 8.96. The Morgan fingerprint density at radius 3 is 2.43 bits per heavy atom. The summed E-state index contributed by atoms with van der Waals surface area (Å²) in [5.41, 5.74) is -0.00434. The van der Waals surface area contributed by atoms with Crippen molar-refractivity contribution in [1.29, 1.82) is 0 Å². The zero-order valence-corrected chi connectivity index (χ0v) is 10.5. The normalized spacial score (nSPS) is 25.6. The van der Waals surface area contributed by atoms with E-state index in [2.05, 4.69) is 20.8 Å². The molecule has 1 aliphatic rings. The predicted octanol–water partition coefficient (Wildman–Crippen LogP) is 2.02. The molecule has 1 unspecified atom stereocenters. The number of sulfonamides is 1. The second-order valence-corrected chi connectivity index (χ2v) is 7.36. The summed E-state index contributed by atoms with van der Waals surface area (Å²) in [6.45, 7) is 6.83. The third-order valence-electron chi connectivity index (χ3n) is 2.70. The van der Waals surface area contributed by atoms with Crippen LogP contribution in [0.2, 0.25) is 0 Å². The molecule has 0 amide bonds. The first-order valence-electron chi connectivity index (χ1n) is 4.84. The van der Waals surface area contributed by atoms with E-state index >= 15 is 0 Å². The summed E-state index contributed by atoms with van der Waals surface area (Å²) in [4.78, 5) is 0. The fourth-order valence-corrected chi connectivity index (χ4v) is 3.72. The largest absolute Gasteiger partial charge is 0.228 e. The molecule has 0 aromatic rings. The highest BCUT2D eigenvalue weighted by atomic mass is 35.5. The summed E-state index contributed by atoms with van der Waals surface area (Å²) in [5, 5.41) is -0.306. The molecule has 1 saturated heterocycles. The average molecular weight is 240 g/mol. The zero-order chi connectivity index (χ0) is 11.0. The number of nitrogens with zero attached hydrogens (tertiary/aromatic N) is 1. The Bertz CT molecular complexity index is 294. The molecule has 0 spiro atoms. The van der Waals surface area contributed by atoms with Crippen molar-refractivity contribution < 1.29 is 8.42 Å². The Morgan fingerprint density at radius 1 is 1.43 bits per heavy atom. The van der Waals surface area contributed by atoms with E-state index in [4.69, 9.17) is 11.6 Å². The molecule has 1 atom stereocenters. The van der Waals surface area contributed by atoms with Gasteiger partial charge in [0.05, 0.1) is 0 Å². The Morgan fingerprint density at radius 2 is 2.00 bits per heavy atom. The van der Waals surface area contributed by atoms with Crippen molar-refractivity contribution in [2.45, 2.75) is 39.7 Å². The Labute approximate surface area is 91.5 Å². The maximum absolute atomic E-state index is 11.7. The minimum Gasteiger partial charge on any atom is -0.211 e. The standard InChI is InChI=1S/C9H18ClNO2S/c1-9(2,3)8-5-4-6-11(8)14(12,13)7-10/h8H,4-7H2,1-3H3. The van der Waals surface area contributed by atoms with E-state index in [1.807, 2.05) is 0 Å². The van der Waals surface area contributed by atoms with Crippen LogP contribution in [-0.2, 0) is 10.0 Å². The van der Waals surface area contributed by atoms with Gasteiger partial charge in [-0.15, -0.1) is 11.6 Å². The Balaban J connectivity index is 2.90. The molecule has 84 valence electrons. The SMILES string of the molecule is CC(C)(C)C1CCCN1S(=O)(=O)CCl. The number of alkyl halides is 1. The van der Waals surface area contributed by atoms with Crippen LogP contribution < -0.4 is 0 Å². The van der Waals surface area contributed by atoms with Gasteiger partial charge in [0.25, 0.3) is 0 Å². The topological polar surface area (TPSA) is 37.4 Å². The summed E-state index contributed by atoms with van der Waals surface area (Å²) in [7, 11) is -3.23. The minimum absolute atomic E-state index is 0.00434. The van der Waals surface area contributed by atoms with Gasteiger partial charge in [-0.2, -0.15) is 4.31 Å². The highest BCUT2D eigenvalue weighted by molar-refractivity contribution is 7.90. The number of hydrogen-bond acceptors (Lipinski definition) is 2.